The van der Waals surface area contributed by atoms with Gasteiger partial charge in [0.1, 0.15) is 5.69 Å². The van der Waals surface area contributed by atoms with Gasteiger partial charge in [-0.15, -0.1) is 0 Å². The highest BCUT2D eigenvalue weighted by atomic mass is 79.9. The summed E-state index contributed by atoms with van der Waals surface area (Å²) in [6.45, 7) is 0. The van der Waals surface area contributed by atoms with E-state index in [-0.39, 0.29) is 5.69 Å². The van der Waals surface area contributed by atoms with Crippen LogP contribution < -0.4 is 0 Å². The largest absolute Gasteiger partial charge is 0.296 e. The number of aldehydes is 1. The molecule has 5 nitrogen and oxygen atoms in total. The van der Waals surface area contributed by atoms with E-state index in [2.05, 4.69) is 20.9 Å². The van der Waals surface area contributed by atoms with Gasteiger partial charge in [0.2, 0.25) is 0 Å². The van der Waals surface area contributed by atoms with E-state index < -0.39 is 4.92 Å². The summed E-state index contributed by atoms with van der Waals surface area (Å²) in [7, 11) is 0. The van der Waals surface area contributed by atoms with Crippen LogP contribution in [0.4, 0.5) is 5.69 Å². The lowest BCUT2D eigenvalue weighted by Gasteiger charge is -2.07. The number of aromatic nitrogens is 1. The Balaban J connectivity index is 2.56. The molecule has 0 bridgehead atoms. The monoisotopic (exact) mass is 330 g/mol. The third-order valence-corrected chi connectivity index (χ3v) is 3.76. The molecule has 1 heterocycles. The van der Waals surface area contributed by atoms with Crippen molar-refractivity contribution in [3.05, 3.63) is 56.7 Å². The fraction of sp³-hybridized carbons (Fsp3) is 0. The van der Waals surface area contributed by atoms with Gasteiger partial charge in [-0.25, -0.2) is 4.98 Å². The molecule has 0 fully saturated rings. The summed E-state index contributed by atoms with van der Waals surface area (Å²) < 4.78 is 0.769. The molecule has 0 saturated carbocycles. The van der Waals surface area contributed by atoms with E-state index in [1.807, 2.05) is 6.07 Å². The summed E-state index contributed by atoms with van der Waals surface area (Å²) in [6, 6.07) is 9.81. The third kappa shape index (κ3) is 1.85. The molecular formula is C14H7BrN2O3. The van der Waals surface area contributed by atoms with E-state index in [1.54, 1.807) is 18.2 Å². The zero-order valence-electron chi connectivity index (χ0n) is 10.0. The Morgan fingerprint density at radius 3 is 2.70 bits per heavy atom. The Morgan fingerprint density at radius 1 is 1.20 bits per heavy atom. The molecule has 0 saturated heterocycles. The van der Waals surface area contributed by atoms with E-state index in [1.165, 1.54) is 12.1 Å². The van der Waals surface area contributed by atoms with Crippen LogP contribution in [0.15, 0.2) is 40.9 Å². The average Bonchev–Trinajstić information content (AvgIpc) is 2.45. The van der Waals surface area contributed by atoms with Gasteiger partial charge in [0.05, 0.1) is 10.4 Å². The maximum absolute atomic E-state index is 11.2. The Kier molecular flexibility index (Phi) is 2.94. The van der Waals surface area contributed by atoms with Crippen LogP contribution in [0.5, 0.6) is 0 Å². The highest BCUT2D eigenvalue weighted by Gasteiger charge is 2.13. The number of rotatable bonds is 2. The molecule has 0 radical (unpaired) electrons. The molecule has 0 amide bonds. The SMILES string of the molecule is O=Cc1nc2ccc([N+](=O)[O-])cc2c2c(Br)cccc12. The van der Waals surface area contributed by atoms with Crippen LogP contribution in [-0.4, -0.2) is 16.2 Å². The molecule has 6 heteroatoms. The van der Waals surface area contributed by atoms with Crippen molar-refractivity contribution in [3.8, 4) is 0 Å². The number of benzene rings is 2. The van der Waals surface area contributed by atoms with Crippen LogP contribution >= 0.6 is 15.9 Å². The molecule has 2 aromatic carbocycles. The fourth-order valence-corrected chi connectivity index (χ4v) is 2.81. The number of carbonyl (C=O) groups excluding carboxylic acids is 1. The van der Waals surface area contributed by atoms with Gasteiger partial charge in [-0.05, 0) is 12.1 Å². The predicted molar refractivity (Wildman–Crippen MR) is 79.0 cm³/mol. The second-order valence-electron chi connectivity index (χ2n) is 4.24. The molecule has 0 aliphatic rings. The standard InChI is InChI=1S/C14H7BrN2O3/c15-11-3-1-2-9-13(7-18)16-12-5-4-8(17(19)20)6-10(12)14(9)11/h1-7H. The van der Waals surface area contributed by atoms with Gasteiger partial charge >= 0.3 is 0 Å². The molecule has 0 atom stereocenters. The minimum absolute atomic E-state index is 0.00444. The number of nitro benzene ring substituents is 1. The summed E-state index contributed by atoms with van der Waals surface area (Å²) in [5.74, 6) is 0. The summed E-state index contributed by atoms with van der Waals surface area (Å²) >= 11 is 3.43. The van der Waals surface area contributed by atoms with Crippen molar-refractivity contribution in [3.63, 3.8) is 0 Å². The zero-order chi connectivity index (χ0) is 14.3. The number of pyridine rings is 1. The maximum atomic E-state index is 11.2. The van der Waals surface area contributed by atoms with Crippen molar-refractivity contribution < 1.29 is 9.72 Å². The second kappa shape index (κ2) is 4.64. The van der Waals surface area contributed by atoms with Gasteiger partial charge in [-0.2, -0.15) is 0 Å². The molecule has 0 aliphatic heterocycles. The topological polar surface area (TPSA) is 73.1 Å². The lowest BCUT2D eigenvalue weighted by Crippen LogP contribution is -1.94. The van der Waals surface area contributed by atoms with Crippen LogP contribution in [0.3, 0.4) is 0 Å². The summed E-state index contributed by atoms with van der Waals surface area (Å²) in [4.78, 5) is 25.9. The number of carbonyl (C=O) groups is 1. The number of halogens is 1. The van der Waals surface area contributed by atoms with Crippen LogP contribution in [0.1, 0.15) is 10.5 Å². The predicted octanol–water partition coefficient (Wildman–Crippen LogP) is 3.87. The molecule has 98 valence electrons. The van der Waals surface area contributed by atoms with Crippen LogP contribution in [0.25, 0.3) is 21.7 Å². The Hall–Kier alpha value is -2.34. The Morgan fingerprint density at radius 2 is 2.00 bits per heavy atom. The Bertz CT molecular complexity index is 877. The smallest absolute Gasteiger partial charge is 0.270 e. The highest BCUT2D eigenvalue weighted by molar-refractivity contribution is 9.10. The van der Waals surface area contributed by atoms with E-state index >= 15 is 0 Å². The molecular weight excluding hydrogens is 324 g/mol. The minimum atomic E-state index is -0.449. The molecule has 0 unspecified atom stereocenters. The van der Waals surface area contributed by atoms with Crippen molar-refractivity contribution in [1.29, 1.82) is 0 Å². The second-order valence-corrected chi connectivity index (χ2v) is 5.09. The van der Waals surface area contributed by atoms with Crippen molar-refractivity contribution in [2.45, 2.75) is 0 Å². The van der Waals surface area contributed by atoms with Gasteiger partial charge < -0.3 is 0 Å². The van der Waals surface area contributed by atoms with Crippen molar-refractivity contribution in [2.24, 2.45) is 0 Å². The van der Waals surface area contributed by atoms with Gasteiger partial charge in [0, 0.05) is 32.8 Å². The lowest BCUT2D eigenvalue weighted by atomic mass is 10.0. The molecule has 1 aromatic heterocycles. The highest BCUT2D eigenvalue weighted by Crippen LogP contribution is 2.33. The van der Waals surface area contributed by atoms with Gasteiger partial charge in [0.15, 0.2) is 6.29 Å². The summed E-state index contributed by atoms with van der Waals surface area (Å²) in [5, 5.41) is 13.0. The average molecular weight is 331 g/mol. The minimum Gasteiger partial charge on any atom is -0.296 e. The molecule has 0 spiro atoms. The van der Waals surface area contributed by atoms with Crippen molar-refractivity contribution >= 4 is 49.6 Å². The molecule has 0 N–H and O–H groups in total. The van der Waals surface area contributed by atoms with Crippen LogP contribution in [-0.2, 0) is 0 Å². The first-order chi connectivity index (χ1) is 9.61. The maximum Gasteiger partial charge on any atom is 0.270 e. The van der Waals surface area contributed by atoms with Gasteiger partial charge in [0.25, 0.3) is 5.69 Å². The number of nitrogens with zero attached hydrogens (tertiary/aromatic N) is 2. The van der Waals surface area contributed by atoms with E-state index in [0.717, 1.165) is 9.86 Å². The first-order valence-corrected chi connectivity index (χ1v) is 6.52. The van der Waals surface area contributed by atoms with Gasteiger partial charge in [-0.3, -0.25) is 14.9 Å². The number of fused-ring (bicyclic) bond motifs is 3. The third-order valence-electron chi connectivity index (χ3n) is 3.10. The lowest BCUT2D eigenvalue weighted by molar-refractivity contribution is -0.384. The van der Waals surface area contributed by atoms with Crippen molar-refractivity contribution in [2.75, 3.05) is 0 Å². The van der Waals surface area contributed by atoms with Crippen LogP contribution in [0, 0.1) is 10.1 Å². The van der Waals surface area contributed by atoms with Gasteiger partial charge in [-0.1, -0.05) is 28.1 Å². The van der Waals surface area contributed by atoms with E-state index in [4.69, 9.17) is 0 Å². The number of non-ortho nitro benzene ring substituents is 1. The molecule has 0 aliphatic carbocycles. The zero-order valence-corrected chi connectivity index (χ0v) is 11.6. The Labute approximate surface area is 121 Å². The van der Waals surface area contributed by atoms with E-state index in [0.29, 0.717) is 28.3 Å². The van der Waals surface area contributed by atoms with Crippen molar-refractivity contribution in [1.82, 2.24) is 4.98 Å². The fourth-order valence-electron chi connectivity index (χ4n) is 2.23. The number of hydrogen-bond acceptors (Lipinski definition) is 4. The first kappa shape index (κ1) is 12.7. The molecule has 3 rings (SSSR count). The normalized spacial score (nSPS) is 10.8. The van der Waals surface area contributed by atoms with E-state index in [9.17, 15) is 14.9 Å². The van der Waals surface area contributed by atoms with Crippen LogP contribution in [0.2, 0.25) is 0 Å². The first-order valence-electron chi connectivity index (χ1n) is 5.73. The number of nitro groups is 1. The molecule has 20 heavy (non-hydrogen) atoms. The summed E-state index contributed by atoms with van der Waals surface area (Å²) in [6.07, 6.45) is 0.690. The molecule has 3 aromatic rings. The quantitative estimate of drug-likeness (QED) is 0.309. The summed E-state index contributed by atoms with van der Waals surface area (Å²) in [5.41, 5.74) is 0.870. The number of hydrogen-bond donors (Lipinski definition) is 0.